The fraction of sp³-hybridized carbons (Fsp3) is 0.979. The van der Waals surface area contributed by atoms with Crippen LogP contribution in [0.5, 0.6) is 0 Å². The van der Waals surface area contributed by atoms with Crippen molar-refractivity contribution in [3.63, 3.8) is 0 Å². The van der Waals surface area contributed by atoms with Crippen molar-refractivity contribution >= 4 is 6.16 Å². The number of carbonyl (C=O) groups is 1. The molecule has 0 atom stereocenters. The van der Waals surface area contributed by atoms with Gasteiger partial charge in [0, 0.05) is 0 Å². The molecule has 0 bridgehead atoms. The maximum absolute atomic E-state index is 8.33. The van der Waals surface area contributed by atoms with E-state index in [0.29, 0.717) is 0 Å². The summed E-state index contributed by atoms with van der Waals surface area (Å²) in [5, 5.41) is 16.7. The summed E-state index contributed by atoms with van der Waals surface area (Å²) in [5.74, 6) is 0. The van der Waals surface area contributed by atoms with Crippen molar-refractivity contribution in [2.24, 2.45) is 0 Å². The van der Waals surface area contributed by atoms with Gasteiger partial charge in [0.15, 0.2) is 0 Å². The van der Waals surface area contributed by atoms with Gasteiger partial charge < -0.3 is 24.0 Å². The predicted molar refractivity (Wildman–Crippen MR) is 229 cm³/mol. The van der Waals surface area contributed by atoms with E-state index >= 15 is 0 Å². The molecule has 0 saturated heterocycles. The number of carbonyl (C=O) groups excluding carboxylic acids is 1. The molecule has 0 radical (unpaired) electrons. The lowest BCUT2D eigenvalue weighted by atomic mass is 10.0. The third-order valence-electron chi connectivity index (χ3n) is 11.4. The second-order valence-corrected chi connectivity index (χ2v) is 17.5. The normalized spacial score (nSPS) is 11.5. The smallest absolute Gasteiger partial charge is 0.0782 e. The number of quaternary nitrogens is 2. The first-order chi connectivity index (χ1) is 25.0. The number of unbranched alkanes of at least 4 members (excludes halogenated alkanes) is 32. The summed E-state index contributed by atoms with van der Waals surface area (Å²) >= 11 is 0. The van der Waals surface area contributed by atoms with Crippen molar-refractivity contribution in [2.45, 2.75) is 246 Å². The van der Waals surface area contributed by atoms with E-state index in [2.05, 4.69) is 55.9 Å². The molecule has 0 N–H and O–H groups in total. The van der Waals surface area contributed by atoms with Crippen molar-refractivity contribution in [1.29, 1.82) is 0 Å². The molecule has 0 aliphatic heterocycles. The Labute approximate surface area is 329 Å². The van der Waals surface area contributed by atoms with E-state index < -0.39 is 6.16 Å². The minimum atomic E-state index is -2.33. The van der Waals surface area contributed by atoms with E-state index in [-0.39, 0.29) is 0 Å². The molecule has 316 valence electrons. The Morgan fingerprint density at radius 3 is 0.577 bits per heavy atom. The highest BCUT2D eigenvalue weighted by Gasteiger charge is 2.11. The Hall–Kier alpha value is -0.810. The molecule has 0 heterocycles. The van der Waals surface area contributed by atoms with Crippen LogP contribution in [0.1, 0.15) is 246 Å². The van der Waals surface area contributed by atoms with Gasteiger partial charge in [0.2, 0.25) is 0 Å². The number of carboxylic acid groups (broad SMARTS) is 2. The topological polar surface area (TPSA) is 63.2 Å². The van der Waals surface area contributed by atoms with E-state index in [9.17, 15) is 0 Å². The zero-order valence-corrected chi connectivity index (χ0v) is 37.5. The van der Waals surface area contributed by atoms with Crippen molar-refractivity contribution in [3.05, 3.63) is 0 Å². The molecule has 0 unspecified atom stereocenters. The van der Waals surface area contributed by atoms with Gasteiger partial charge in [0.25, 0.3) is 0 Å². The fourth-order valence-electron chi connectivity index (χ4n) is 6.85. The van der Waals surface area contributed by atoms with Crippen LogP contribution in [0, 0.1) is 0 Å². The highest BCUT2D eigenvalue weighted by molar-refractivity contribution is 5.47. The van der Waals surface area contributed by atoms with Crippen LogP contribution in [0.25, 0.3) is 0 Å². The van der Waals surface area contributed by atoms with E-state index in [1.165, 1.54) is 253 Å². The van der Waals surface area contributed by atoms with Crippen LogP contribution in [-0.2, 0) is 0 Å². The van der Waals surface area contributed by atoms with Crippen LogP contribution in [0.3, 0.4) is 0 Å². The quantitative estimate of drug-likeness (QED) is 0.0468. The van der Waals surface area contributed by atoms with E-state index in [4.69, 9.17) is 15.0 Å². The molecule has 5 heteroatoms. The molecule has 0 rings (SSSR count). The van der Waals surface area contributed by atoms with Crippen LogP contribution >= 0.6 is 0 Å². The first-order valence-corrected chi connectivity index (χ1v) is 23.5. The van der Waals surface area contributed by atoms with Gasteiger partial charge in [0.05, 0.1) is 54.4 Å². The Balaban J connectivity index is -0.000000836. The van der Waals surface area contributed by atoms with Gasteiger partial charge >= 0.3 is 0 Å². The fourth-order valence-corrected chi connectivity index (χ4v) is 6.85. The molecule has 52 heavy (non-hydrogen) atoms. The average Bonchev–Trinajstić information content (AvgIpc) is 3.11. The van der Waals surface area contributed by atoms with Crippen molar-refractivity contribution in [3.8, 4) is 0 Å². The number of rotatable bonds is 38. The summed E-state index contributed by atoms with van der Waals surface area (Å²) in [4.78, 5) is 8.33. The zero-order chi connectivity index (χ0) is 39.4. The monoisotopic (exact) mass is 741 g/mol. The molecule has 0 aromatic rings. The van der Waals surface area contributed by atoms with Gasteiger partial charge in [-0.05, 0) is 45.7 Å². The van der Waals surface area contributed by atoms with Gasteiger partial charge in [-0.2, -0.15) is 0 Å². The lowest BCUT2D eigenvalue weighted by Gasteiger charge is -2.28. The summed E-state index contributed by atoms with van der Waals surface area (Å²) in [6, 6.07) is 0. The van der Waals surface area contributed by atoms with E-state index in [1.807, 2.05) is 0 Å². The number of hydrogen-bond donors (Lipinski definition) is 0. The van der Waals surface area contributed by atoms with Crippen LogP contribution < -0.4 is 10.2 Å². The highest BCUT2D eigenvalue weighted by Crippen LogP contribution is 2.16. The van der Waals surface area contributed by atoms with Crippen molar-refractivity contribution in [1.82, 2.24) is 0 Å². The summed E-state index contributed by atoms with van der Waals surface area (Å²) in [6.45, 7) is 14.4. The van der Waals surface area contributed by atoms with E-state index in [0.717, 1.165) is 0 Å². The van der Waals surface area contributed by atoms with Gasteiger partial charge in [-0.1, -0.05) is 206 Å². The highest BCUT2D eigenvalue weighted by atomic mass is 16.6. The molecule has 0 saturated carbocycles. The van der Waals surface area contributed by atoms with Gasteiger partial charge in [-0.15, -0.1) is 0 Å². The molecular weight excluding hydrogens is 641 g/mol. The second-order valence-electron chi connectivity index (χ2n) is 17.5. The molecule has 0 spiro atoms. The Kier molecular flexibility index (Phi) is 47.6. The largest absolute Gasteiger partial charge is 0.652 e. The maximum atomic E-state index is 8.33. The number of nitrogens with zero attached hydrogens (tertiary/aromatic N) is 2. The minimum absolute atomic E-state index is 1.19. The molecule has 0 aliphatic carbocycles. The molecular formula is C47H100N2O3. The maximum Gasteiger partial charge on any atom is 0.0782 e. The summed E-state index contributed by atoms with van der Waals surface area (Å²) in [5.41, 5.74) is 0. The van der Waals surface area contributed by atoms with Crippen LogP contribution in [-0.4, -0.2) is 69.5 Å². The third kappa shape index (κ3) is 55.9. The first kappa shape index (κ1) is 55.5. The third-order valence-corrected chi connectivity index (χ3v) is 11.4. The molecule has 0 aliphatic rings. The van der Waals surface area contributed by atoms with Crippen molar-refractivity contribution < 1.29 is 24.0 Å². The SMILES string of the molecule is CCCCCCCCCCCCCCCCCCC[N+](C)(C)CC.CCCCCCCCCCCCCCCCCCC[N+](C)(C)CC.O=C([O-])[O-]. The Morgan fingerprint density at radius 1 is 0.308 bits per heavy atom. The average molecular weight is 741 g/mol. The Bertz CT molecular complexity index is 613. The molecule has 0 aromatic heterocycles. The van der Waals surface area contributed by atoms with Crippen LogP contribution in [0.4, 0.5) is 4.79 Å². The lowest BCUT2D eigenvalue weighted by molar-refractivity contribution is -0.888. The molecule has 0 amide bonds. The van der Waals surface area contributed by atoms with Crippen LogP contribution in [0.2, 0.25) is 0 Å². The molecule has 0 aromatic carbocycles. The standard InChI is InChI=1S/2C23H50N.CH2O3/c2*1-5-7-8-9-10-11-12-13-14-15-16-17-18-19-20-21-22-23-24(3,4)6-2;2-1(3)4/h2*5-23H2,1-4H3;(H2,2,3,4)/q2*+1;/p-2. The minimum Gasteiger partial charge on any atom is -0.652 e. The molecule has 5 nitrogen and oxygen atoms in total. The second kappa shape index (κ2) is 44.6. The lowest BCUT2D eigenvalue weighted by Crippen LogP contribution is -2.39. The van der Waals surface area contributed by atoms with E-state index in [1.54, 1.807) is 0 Å². The van der Waals surface area contributed by atoms with Gasteiger partial charge in [0.1, 0.15) is 0 Å². The zero-order valence-electron chi connectivity index (χ0n) is 37.5. The number of hydrogen-bond acceptors (Lipinski definition) is 3. The first-order valence-electron chi connectivity index (χ1n) is 23.5. The Morgan fingerprint density at radius 2 is 0.442 bits per heavy atom. The van der Waals surface area contributed by atoms with Gasteiger partial charge in [-0.25, -0.2) is 0 Å². The summed E-state index contributed by atoms with van der Waals surface area (Å²) < 4.78 is 2.39. The van der Waals surface area contributed by atoms with Gasteiger partial charge in [-0.3, -0.25) is 0 Å². The molecule has 0 fully saturated rings. The predicted octanol–water partition coefficient (Wildman–Crippen LogP) is 13.0. The van der Waals surface area contributed by atoms with Crippen molar-refractivity contribution in [2.75, 3.05) is 54.4 Å². The van der Waals surface area contributed by atoms with Crippen LogP contribution in [0.15, 0.2) is 0 Å². The summed E-state index contributed by atoms with van der Waals surface area (Å²) in [7, 11) is 9.41. The summed E-state index contributed by atoms with van der Waals surface area (Å²) in [6.07, 6.45) is 47.4.